The lowest BCUT2D eigenvalue weighted by Gasteiger charge is -2.30. The van der Waals surface area contributed by atoms with E-state index in [1.54, 1.807) is 6.07 Å². The summed E-state index contributed by atoms with van der Waals surface area (Å²) in [6.07, 6.45) is 7.03. The van der Waals surface area contributed by atoms with Crippen LogP contribution in [-0.4, -0.2) is 13.1 Å². The highest BCUT2D eigenvalue weighted by molar-refractivity contribution is 9.10. The second-order valence-corrected chi connectivity index (χ2v) is 6.71. The first-order chi connectivity index (χ1) is 9.15. The van der Waals surface area contributed by atoms with Gasteiger partial charge in [0.15, 0.2) is 0 Å². The van der Waals surface area contributed by atoms with Gasteiger partial charge in [0.05, 0.1) is 0 Å². The van der Waals surface area contributed by atoms with Crippen LogP contribution in [0.2, 0.25) is 0 Å². The molecule has 1 fully saturated rings. The lowest BCUT2D eigenvalue weighted by atomic mass is 9.79. The molecule has 0 bridgehead atoms. The van der Waals surface area contributed by atoms with Crippen molar-refractivity contribution in [2.45, 2.75) is 45.4 Å². The van der Waals surface area contributed by atoms with Gasteiger partial charge in [-0.25, -0.2) is 4.39 Å². The third-order valence-electron chi connectivity index (χ3n) is 4.17. The summed E-state index contributed by atoms with van der Waals surface area (Å²) in [5, 5.41) is 3.54. The molecule has 1 aromatic carbocycles. The van der Waals surface area contributed by atoms with E-state index in [0.717, 1.165) is 36.0 Å². The Bertz CT molecular complexity index is 413. The van der Waals surface area contributed by atoms with Crippen molar-refractivity contribution >= 4 is 15.9 Å². The molecule has 1 saturated carbocycles. The third-order valence-corrected chi connectivity index (χ3v) is 4.66. The van der Waals surface area contributed by atoms with Gasteiger partial charge in [-0.05, 0) is 55.3 Å². The number of benzene rings is 1. The quantitative estimate of drug-likeness (QED) is 0.747. The van der Waals surface area contributed by atoms with E-state index in [4.69, 9.17) is 0 Å². The normalized spacial score (nSPS) is 17.8. The van der Waals surface area contributed by atoms with E-state index >= 15 is 0 Å². The predicted molar refractivity (Wildman–Crippen MR) is 81.9 cm³/mol. The van der Waals surface area contributed by atoms with E-state index in [0.29, 0.717) is 0 Å². The summed E-state index contributed by atoms with van der Waals surface area (Å²) in [6.45, 7) is 4.27. The lowest BCUT2D eigenvalue weighted by molar-refractivity contribution is 0.275. The molecular weight excluding hydrogens is 305 g/mol. The maximum absolute atomic E-state index is 14.0. The van der Waals surface area contributed by atoms with Gasteiger partial charge in [-0.2, -0.15) is 0 Å². The smallest absolute Gasteiger partial charge is 0.127 e. The van der Waals surface area contributed by atoms with Crippen LogP contribution in [0.25, 0.3) is 0 Å². The van der Waals surface area contributed by atoms with Crippen molar-refractivity contribution in [2.75, 3.05) is 13.1 Å². The van der Waals surface area contributed by atoms with Crippen molar-refractivity contribution in [2.24, 2.45) is 5.41 Å². The largest absolute Gasteiger partial charge is 0.316 e. The highest BCUT2D eigenvalue weighted by Crippen LogP contribution is 2.41. The fourth-order valence-electron chi connectivity index (χ4n) is 3.14. The van der Waals surface area contributed by atoms with Crippen LogP contribution >= 0.6 is 15.9 Å². The van der Waals surface area contributed by atoms with Gasteiger partial charge in [0.1, 0.15) is 5.82 Å². The van der Waals surface area contributed by atoms with E-state index in [-0.39, 0.29) is 11.2 Å². The molecule has 0 spiro atoms. The number of rotatable bonds is 6. The maximum atomic E-state index is 14.0. The zero-order valence-corrected chi connectivity index (χ0v) is 13.2. The van der Waals surface area contributed by atoms with Crippen LogP contribution in [-0.2, 0) is 6.42 Å². The van der Waals surface area contributed by atoms with E-state index in [1.165, 1.54) is 25.7 Å². The predicted octanol–water partition coefficient (Wildman–Crippen LogP) is 4.69. The van der Waals surface area contributed by atoms with Crippen LogP contribution in [0.5, 0.6) is 0 Å². The summed E-state index contributed by atoms with van der Waals surface area (Å²) in [7, 11) is 0. The second-order valence-electron chi connectivity index (χ2n) is 5.80. The Hall–Kier alpha value is -0.410. The number of halogens is 2. The van der Waals surface area contributed by atoms with Gasteiger partial charge in [0, 0.05) is 11.0 Å². The molecular formula is C16H23BrFN. The van der Waals surface area contributed by atoms with Crippen molar-refractivity contribution in [1.29, 1.82) is 0 Å². The van der Waals surface area contributed by atoms with E-state index in [9.17, 15) is 4.39 Å². The number of hydrogen-bond acceptors (Lipinski definition) is 1. The van der Waals surface area contributed by atoms with E-state index in [1.807, 2.05) is 12.1 Å². The Labute approximate surface area is 124 Å². The Balaban J connectivity index is 2.07. The van der Waals surface area contributed by atoms with Gasteiger partial charge in [-0.1, -0.05) is 41.8 Å². The van der Waals surface area contributed by atoms with Gasteiger partial charge in [0.25, 0.3) is 0 Å². The molecule has 2 rings (SSSR count). The Morgan fingerprint density at radius 1 is 1.32 bits per heavy atom. The fraction of sp³-hybridized carbons (Fsp3) is 0.625. The monoisotopic (exact) mass is 327 g/mol. The standard InChI is InChI=1S/C16H23BrFN/c1-2-9-19-12-16(7-3-4-8-16)11-13-5-6-14(17)10-15(13)18/h5-6,10,19H,2-4,7-9,11-12H2,1H3. The summed E-state index contributed by atoms with van der Waals surface area (Å²) in [6, 6.07) is 5.46. The molecule has 0 aromatic heterocycles. The molecule has 19 heavy (non-hydrogen) atoms. The molecule has 0 radical (unpaired) electrons. The first kappa shape index (κ1) is 15.0. The van der Waals surface area contributed by atoms with Gasteiger partial charge < -0.3 is 5.32 Å². The first-order valence-corrected chi connectivity index (χ1v) is 8.09. The summed E-state index contributed by atoms with van der Waals surface area (Å²) in [5.74, 6) is -0.0730. The van der Waals surface area contributed by atoms with Gasteiger partial charge in [-0.3, -0.25) is 0 Å². The van der Waals surface area contributed by atoms with E-state index < -0.39 is 0 Å². The molecule has 1 nitrogen and oxygen atoms in total. The van der Waals surface area contributed by atoms with Crippen LogP contribution in [0.3, 0.4) is 0 Å². The van der Waals surface area contributed by atoms with Crippen LogP contribution in [0.1, 0.15) is 44.6 Å². The number of nitrogens with one attached hydrogen (secondary N) is 1. The first-order valence-electron chi connectivity index (χ1n) is 7.30. The summed E-state index contributed by atoms with van der Waals surface area (Å²) in [5.41, 5.74) is 1.13. The molecule has 1 aromatic rings. The zero-order chi connectivity index (χ0) is 13.7. The van der Waals surface area contributed by atoms with Crippen LogP contribution < -0.4 is 5.32 Å². The molecule has 0 amide bonds. The maximum Gasteiger partial charge on any atom is 0.127 e. The highest BCUT2D eigenvalue weighted by atomic mass is 79.9. The molecule has 106 valence electrons. The topological polar surface area (TPSA) is 12.0 Å². The highest BCUT2D eigenvalue weighted by Gasteiger charge is 2.34. The minimum absolute atomic E-state index is 0.0730. The van der Waals surface area contributed by atoms with Crippen molar-refractivity contribution in [1.82, 2.24) is 5.32 Å². The molecule has 0 heterocycles. The summed E-state index contributed by atoms with van der Waals surface area (Å²) in [4.78, 5) is 0. The van der Waals surface area contributed by atoms with E-state index in [2.05, 4.69) is 28.2 Å². The minimum Gasteiger partial charge on any atom is -0.316 e. The fourth-order valence-corrected chi connectivity index (χ4v) is 3.47. The van der Waals surface area contributed by atoms with Crippen molar-refractivity contribution in [3.8, 4) is 0 Å². The van der Waals surface area contributed by atoms with Gasteiger partial charge in [0.2, 0.25) is 0 Å². The SMILES string of the molecule is CCCNCC1(Cc2ccc(Br)cc2F)CCCC1. The van der Waals surface area contributed by atoms with Gasteiger partial charge >= 0.3 is 0 Å². The van der Waals surface area contributed by atoms with Crippen molar-refractivity contribution in [3.05, 3.63) is 34.1 Å². The van der Waals surface area contributed by atoms with Crippen LogP contribution in [0.4, 0.5) is 4.39 Å². The molecule has 1 aliphatic rings. The molecule has 1 aliphatic carbocycles. The Morgan fingerprint density at radius 3 is 2.68 bits per heavy atom. The van der Waals surface area contributed by atoms with Gasteiger partial charge in [-0.15, -0.1) is 0 Å². The average Bonchev–Trinajstić information content (AvgIpc) is 2.82. The zero-order valence-electron chi connectivity index (χ0n) is 11.6. The Kier molecular flexibility index (Phi) is 5.40. The third kappa shape index (κ3) is 4.03. The Morgan fingerprint density at radius 2 is 2.05 bits per heavy atom. The van der Waals surface area contributed by atoms with Crippen molar-refractivity contribution < 1.29 is 4.39 Å². The second kappa shape index (κ2) is 6.85. The summed E-state index contributed by atoms with van der Waals surface area (Å²) < 4.78 is 14.8. The molecule has 3 heteroatoms. The molecule has 0 unspecified atom stereocenters. The molecule has 1 N–H and O–H groups in total. The average molecular weight is 328 g/mol. The molecule has 0 aliphatic heterocycles. The van der Waals surface area contributed by atoms with Crippen LogP contribution in [0, 0.1) is 11.2 Å². The molecule has 0 saturated heterocycles. The number of hydrogen-bond donors (Lipinski definition) is 1. The minimum atomic E-state index is -0.0730. The lowest BCUT2D eigenvalue weighted by Crippen LogP contribution is -2.34. The van der Waals surface area contributed by atoms with Crippen LogP contribution in [0.15, 0.2) is 22.7 Å². The van der Waals surface area contributed by atoms with Crippen molar-refractivity contribution in [3.63, 3.8) is 0 Å². The molecule has 0 atom stereocenters. The summed E-state index contributed by atoms with van der Waals surface area (Å²) >= 11 is 3.32.